The maximum Gasteiger partial charge on any atom is 0.106 e. The Labute approximate surface area is 78.6 Å². The number of hydrogen-bond acceptors (Lipinski definition) is 3. The Morgan fingerprint density at radius 3 is 3.15 bits per heavy atom. The van der Waals surface area contributed by atoms with Crippen molar-refractivity contribution in [3.8, 4) is 0 Å². The maximum atomic E-state index is 8.85. The number of aliphatic hydroxyl groups excluding tert-OH is 1. The second-order valence-electron chi connectivity index (χ2n) is 4.02. The number of nitrogens with two attached hydrogens (primary N) is 1. The van der Waals surface area contributed by atoms with Crippen molar-refractivity contribution in [1.82, 2.24) is 0 Å². The molecule has 0 amide bonds. The number of ether oxygens (including phenoxy) is 1. The Morgan fingerprint density at radius 2 is 2.38 bits per heavy atom. The van der Waals surface area contributed by atoms with Gasteiger partial charge in [-0.05, 0) is 31.3 Å². The van der Waals surface area contributed by atoms with Gasteiger partial charge in [0.1, 0.15) is 6.10 Å². The molecule has 1 fully saturated rings. The fourth-order valence-corrected chi connectivity index (χ4v) is 2.37. The first-order chi connectivity index (χ1) is 6.31. The molecule has 0 aromatic heterocycles. The van der Waals surface area contributed by atoms with Gasteiger partial charge in [-0.3, -0.25) is 0 Å². The first-order valence-electron chi connectivity index (χ1n) is 5.02. The van der Waals surface area contributed by atoms with Crippen LogP contribution in [0, 0.1) is 5.92 Å². The van der Waals surface area contributed by atoms with Crippen LogP contribution in [0.1, 0.15) is 25.7 Å². The molecule has 2 rings (SSSR count). The summed E-state index contributed by atoms with van der Waals surface area (Å²) >= 11 is 0. The van der Waals surface area contributed by atoms with Gasteiger partial charge in [0, 0.05) is 18.6 Å². The van der Waals surface area contributed by atoms with Gasteiger partial charge < -0.3 is 15.6 Å². The third-order valence-electron chi connectivity index (χ3n) is 3.10. The van der Waals surface area contributed by atoms with Crippen molar-refractivity contribution in [3.05, 3.63) is 11.8 Å². The molecule has 13 heavy (non-hydrogen) atoms. The molecule has 3 nitrogen and oxygen atoms in total. The van der Waals surface area contributed by atoms with E-state index in [1.54, 1.807) is 0 Å². The summed E-state index contributed by atoms with van der Waals surface area (Å²) in [6.45, 7) is 0.227. The van der Waals surface area contributed by atoms with Gasteiger partial charge in [0.2, 0.25) is 0 Å². The van der Waals surface area contributed by atoms with E-state index in [2.05, 4.69) is 0 Å². The number of rotatable bonds is 2. The fourth-order valence-electron chi connectivity index (χ4n) is 2.37. The molecule has 0 aromatic carbocycles. The molecule has 0 radical (unpaired) electrons. The summed E-state index contributed by atoms with van der Waals surface area (Å²) in [4.78, 5) is 0. The zero-order chi connectivity index (χ0) is 9.26. The summed E-state index contributed by atoms with van der Waals surface area (Å²) in [6.07, 6.45) is 6.08. The molecule has 1 aliphatic carbocycles. The average molecular weight is 183 g/mol. The van der Waals surface area contributed by atoms with Crippen molar-refractivity contribution in [2.45, 2.75) is 37.8 Å². The number of fused-ring (bicyclic) bond motifs is 1. The van der Waals surface area contributed by atoms with Crippen molar-refractivity contribution in [2.24, 2.45) is 11.7 Å². The zero-order valence-electron chi connectivity index (χ0n) is 7.78. The second kappa shape index (κ2) is 3.68. The molecule has 3 N–H and O–H groups in total. The predicted molar refractivity (Wildman–Crippen MR) is 50.0 cm³/mol. The van der Waals surface area contributed by atoms with Crippen LogP contribution in [0.5, 0.6) is 0 Å². The lowest BCUT2D eigenvalue weighted by Gasteiger charge is -2.29. The van der Waals surface area contributed by atoms with Crippen LogP contribution < -0.4 is 5.73 Å². The van der Waals surface area contributed by atoms with Crippen LogP contribution in [0.3, 0.4) is 0 Å². The Bertz CT molecular complexity index is 215. The minimum absolute atomic E-state index is 0.227. The lowest BCUT2D eigenvalue weighted by molar-refractivity contribution is 0.0899. The summed E-state index contributed by atoms with van der Waals surface area (Å²) in [7, 11) is 0. The van der Waals surface area contributed by atoms with Gasteiger partial charge in [0.05, 0.1) is 6.26 Å². The van der Waals surface area contributed by atoms with Crippen LogP contribution in [0.15, 0.2) is 11.8 Å². The van der Waals surface area contributed by atoms with Gasteiger partial charge in [-0.25, -0.2) is 0 Å². The van der Waals surface area contributed by atoms with E-state index in [0.717, 1.165) is 25.7 Å². The summed E-state index contributed by atoms with van der Waals surface area (Å²) in [6, 6.07) is 0.308. The van der Waals surface area contributed by atoms with Crippen molar-refractivity contribution < 1.29 is 9.84 Å². The molecule has 0 spiro atoms. The van der Waals surface area contributed by atoms with Crippen LogP contribution >= 0.6 is 0 Å². The van der Waals surface area contributed by atoms with Crippen molar-refractivity contribution in [2.75, 3.05) is 6.61 Å². The van der Waals surface area contributed by atoms with E-state index in [4.69, 9.17) is 15.6 Å². The van der Waals surface area contributed by atoms with Gasteiger partial charge >= 0.3 is 0 Å². The fraction of sp³-hybridized carbons (Fsp3) is 0.800. The van der Waals surface area contributed by atoms with E-state index >= 15 is 0 Å². The number of hydrogen-bond donors (Lipinski definition) is 2. The van der Waals surface area contributed by atoms with E-state index in [9.17, 15) is 0 Å². The monoisotopic (exact) mass is 183 g/mol. The van der Waals surface area contributed by atoms with Gasteiger partial charge in [-0.1, -0.05) is 0 Å². The molecule has 0 aromatic rings. The molecule has 74 valence electrons. The van der Waals surface area contributed by atoms with E-state index in [-0.39, 0.29) is 6.61 Å². The highest BCUT2D eigenvalue weighted by Gasteiger charge is 2.35. The molecule has 3 unspecified atom stereocenters. The molecule has 3 heteroatoms. The maximum absolute atomic E-state index is 8.85. The van der Waals surface area contributed by atoms with E-state index < -0.39 is 0 Å². The largest absolute Gasteiger partial charge is 0.497 e. The van der Waals surface area contributed by atoms with Crippen molar-refractivity contribution in [1.29, 1.82) is 0 Å². The van der Waals surface area contributed by atoms with E-state index in [1.807, 2.05) is 6.26 Å². The summed E-state index contributed by atoms with van der Waals surface area (Å²) in [5.74, 6) is 0.534. The molecule has 1 aliphatic heterocycles. The number of aliphatic hydroxyl groups is 1. The van der Waals surface area contributed by atoms with Crippen molar-refractivity contribution >= 4 is 0 Å². The quantitative estimate of drug-likeness (QED) is 0.665. The first-order valence-corrected chi connectivity index (χ1v) is 5.02. The average Bonchev–Trinajstić information content (AvgIpc) is 2.49. The Morgan fingerprint density at radius 1 is 1.54 bits per heavy atom. The molecule has 2 aliphatic rings. The minimum Gasteiger partial charge on any atom is -0.497 e. The third kappa shape index (κ3) is 1.71. The Hall–Kier alpha value is -0.540. The highest BCUT2D eigenvalue weighted by Crippen LogP contribution is 2.37. The van der Waals surface area contributed by atoms with Gasteiger partial charge in [0.15, 0.2) is 0 Å². The topological polar surface area (TPSA) is 55.5 Å². The van der Waals surface area contributed by atoms with Crippen LogP contribution in [-0.2, 0) is 4.74 Å². The highest BCUT2D eigenvalue weighted by molar-refractivity contribution is 5.13. The van der Waals surface area contributed by atoms with Gasteiger partial charge in [-0.15, -0.1) is 0 Å². The molecular weight excluding hydrogens is 166 g/mol. The van der Waals surface area contributed by atoms with Crippen LogP contribution in [0.2, 0.25) is 0 Å². The molecular formula is C10H17NO2. The zero-order valence-corrected chi connectivity index (χ0v) is 7.78. The van der Waals surface area contributed by atoms with E-state index in [1.165, 1.54) is 5.57 Å². The molecule has 0 saturated heterocycles. The molecule has 3 atom stereocenters. The molecule has 1 heterocycles. The lowest BCUT2D eigenvalue weighted by atomic mass is 9.80. The molecule has 0 bridgehead atoms. The lowest BCUT2D eigenvalue weighted by Crippen LogP contribution is -2.35. The SMILES string of the molecule is NC1CCC2C(CCO)=COC2C1. The van der Waals surface area contributed by atoms with E-state index in [0.29, 0.717) is 18.1 Å². The normalized spacial score (nSPS) is 38.0. The highest BCUT2D eigenvalue weighted by atomic mass is 16.5. The summed E-state index contributed by atoms with van der Waals surface area (Å²) < 4.78 is 5.54. The van der Waals surface area contributed by atoms with Crippen LogP contribution in [-0.4, -0.2) is 23.9 Å². The Kier molecular flexibility index (Phi) is 2.56. The minimum atomic E-state index is 0.227. The second-order valence-corrected chi connectivity index (χ2v) is 4.02. The summed E-state index contributed by atoms with van der Waals surface area (Å²) in [5.41, 5.74) is 7.13. The van der Waals surface area contributed by atoms with Crippen molar-refractivity contribution in [3.63, 3.8) is 0 Å². The van der Waals surface area contributed by atoms with Crippen LogP contribution in [0.25, 0.3) is 0 Å². The smallest absolute Gasteiger partial charge is 0.106 e. The Balaban J connectivity index is 1.97. The summed E-state index contributed by atoms with van der Waals surface area (Å²) in [5, 5.41) is 8.85. The van der Waals surface area contributed by atoms with Gasteiger partial charge in [-0.2, -0.15) is 0 Å². The standard InChI is InChI=1S/C10H17NO2/c11-8-1-2-9-7(3-4-12)6-13-10(9)5-8/h6,8-10,12H,1-5,11H2. The third-order valence-corrected chi connectivity index (χ3v) is 3.10. The predicted octanol–water partition coefficient (Wildman–Crippen LogP) is 0.779. The van der Waals surface area contributed by atoms with Gasteiger partial charge in [0.25, 0.3) is 0 Å². The van der Waals surface area contributed by atoms with Crippen LogP contribution in [0.4, 0.5) is 0 Å². The molecule has 1 saturated carbocycles. The first kappa shape index (κ1) is 9.03.